The monoisotopic (exact) mass is 308 g/mol. The molecule has 2 aliphatic rings. The Labute approximate surface area is 92.3 Å². The van der Waals surface area contributed by atoms with Gasteiger partial charge in [-0.25, -0.2) is 8.70 Å². The molecule has 1 aliphatic carbocycles. The Morgan fingerprint density at radius 3 is 2.92 bits per heavy atom. The van der Waals surface area contributed by atoms with Gasteiger partial charge in [-0.1, -0.05) is 15.9 Å². The summed E-state index contributed by atoms with van der Waals surface area (Å²) in [6, 6.07) is 0.286. The van der Waals surface area contributed by atoms with Gasteiger partial charge in [-0.15, -0.1) is 0 Å². The quantitative estimate of drug-likeness (QED) is 0.639. The van der Waals surface area contributed by atoms with E-state index in [-0.39, 0.29) is 6.04 Å². The van der Waals surface area contributed by atoms with Gasteiger partial charge in [-0.05, 0) is 28.1 Å². The molecular weight excluding hydrogens is 304 g/mol. The molecule has 0 saturated carbocycles. The maximum atomic E-state index is 4.34. The van der Waals surface area contributed by atoms with E-state index in [1.165, 1.54) is 12.1 Å². The molecule has 0 spiro atoms. The Kier molecular flexibility index (Phi) is 2.46. The fourth-order valence-electron chi connectivity index (χ4n) is 1.19. The standard InChI is InChI=1S/C7H6Br2N2S/c1-11-7-5(9)3-2-4(8)6(7)10-12-11/h2-3,7H,1H3. The van der Waals surface area contributed by atoms with Crippen molar-refractivity contribution in [2.75, 3.05) is 7.05 Å². The predicted octanol–water partition coefficient (Wildman–Crippen LogP) is 2.88. The molecule has 0 aromatic rings. The van der Waals surface area contributed by atoms with Crippen LogP contribution in [0.15, 0.2) is 25.5 Å². The van der Waals surface area contributed by atoms with Crippen LogP contribution in [0.4, 0.5) is 0 Å². The SMILES string of the molecule is CN1SN=C2C(Br)=CC=C(Br)C21. The third-order valence-corrected chi connectivity index (χ3v) is 3.90. The number of likely N-dealkylation sites (N-methyl/N-ethyl adjacent to an activating group) is 1. The van der Waals surface area contributed by atoms with E-state index in [4.69, 9.17) is 0 Å². The van der Waals surface area contributed by atoms with E-state index < -0.39 is 0 Å². The number of allylic oxidation sites excluding steroid dienone is 2. The Morgan fingerprint density at radius 2 is 2.25 bits per heavy atom. The third kappa shape index (κ3) is 1.32. The van der Waals surface area contributed by atoms with Crippen molar-refractivity contribution in [2.24, 2.45) is 4.40 Å². The second-order valence-electron chi connectivity index (χ2n) is 2.57. The van der Waals surface area contributed by atoms with Gasteiger partial charge in [0.05, 0.1) is 23.9 Å². The normalized spacial score (nSPS) is 29.2. The van der Waals surface area contributed by atoms with Crippen LogP contribution in [-0.2, 0) is 0 Å². The van der Waals surface area contributed by atoms with Crippen molar-refractivity contribution in [3.8, 4) is 0 Å². The molecule has 0 N–H and O–H groups in total. The van der Waals surface area contributed by atoms with Crippen LogP contribution in [0.5, 0.6) is 0 Å². The average molecular weight is 310 g/mol. The fourth-order valence-corrected chi connectivity index (χ4v) is 3.25. The number of nitrogens with zero attached hydrogens (tertiary/aromatic N) is 2. The minimum Gasteiger partial charge on any atom is -0.220 e. The van der Waals surface area contributed by atoms with Crippen LogP contribution in [-0.4, -0.2) is 23.1 Å². The Morgan fingerprint density at radius 1 is 1.50 bits per heavy atom. The second kappa shape index (κ2) is 3.29. The first-order chi connectivity index (χ1) is 5.70. The molecule has 2 nitrogen and oxygen atoms in total. The minimum absolute atomic E-state index is 0.286. The van der Waals surface area contributed by atoms with Crippen molar-refractivity contribution in [1.82, 2.24) is 4.31 Å². The van der Waals surface area contributed by atoms with Gasteiger partial charge in [-0.2, -0.15) is 0 Å². The van der Waals surface area contributed by atoms with Gasteiger partial charge in [0.2, 0.25) is 0 Å². The topological polar surface area (TPSA) is 15.6 Å². The molecule has 2 rings (SSSR count). The lowest BCUT2D eigenvalue weighted by Crippen LogP contribution is -2.31. The van der Waals surface area contributed by atoms with Gasteiger partial charge in [0.25, 0.3) is 0 Å². The molecule has 0 amide bonds. The van der Waals surface area contributed by atoms with E-state index in [1.807, 2.05) is 13.1 Å². The maximum Gasteiger partial charge on any atom is 0.0970 e. The number of fused-ring (bicyclic) bond motifs is 1. The summed E-state index contributed by atoms with van der Waals surface area (Å²) < 4.78 is 8.70. The number of rotatable bonds is 0. The highest BCUT2D eigenvalue weighted by atomic mass is 79.9. The number of hydrogen-bond donors (Lipinski definition) is 0. The van der Waals surface area contributed by atoms with Crippen molar-refractivity contribution >= 4 is 49.7 Å². The first kappa shape index (κ1) is 8.99. The van der Waals surface area contributed by atoms with Crippen LogP contribution in [0.2, 0.25) is 0 Å². The van der Waals surface area contributed by atoms with E-state index in [0.29, 0.717) is 0 Å². The molecule has 0 saturated heterocycles. The van der Waals surface area contributed by atoms with Crippen molar-refractivity contribution in [3.63, 3.8) is 0 Å². The Bertz CT molecular complexity index is 309. The molecule has 0 radical (unpaired) electrons. The summed E-state index contributed by atoms with van der Waals surface area (Å²) in [5.74, 6) is 0. The van der Waals surface area contributed by atoms with Crippen LogP contribution < -0.4 is 0 Å². The summed E-state index contributed by atoms with van der Waals surface area (Å²) in [5, 5.41) is 0. The van der Waals surface area contributed by atoms with Crippen LogP contribution in [0, 0.1) is 0 Å². The Hall–Kier alpha value is 0.420. The van der Waals surface area contributed by atoms with Gasteiger partial charge in [0.1, 0.15) is 0 Å². The molecule has 1 atom stereocenters. The van der Waals surface area contributed by atoms with Gasteiger partial charge < -0.3 is 0 Å². The van der Waals surface area contributed by atoms with Crippen LogP contribution in [0.1, 0.15) is 0 Å². The van der Waals surface area contributed by atoms with Crippen LogP contribution in [0.25, 0.3) is 0 Å². The Balaban J connectivity index is 2.42. The number of halogens is 2. The van der Waals surface area contributed by atoms with E-state index in [0.717, 1.165) is 14.7 Å². The first-order valence-electron chi connectivity index (χ1n) is 3.41. The van der Waals surface area contributed by atoms with Gasteiger partial charge in [-0.3, -0.25) is 0 Å². The average Bonchev–Trinajstić information content (AvgIpc) is 2.42. The molecule has 1 unspecified atom stereocenters. The lowest BCUT2D eigenvalue weighted by molar-refractivity contribution is 0.579. The zero-order valence-electron chi connectivity index (χ0n) is 6.29. The molecular formula is C7H6Br2N2S. The zero-order chi connectivity index (χ0) is 8.72. The molecule has 1 heterocycles. The van der Waals surface area contributed by atoms with Gasteiger partial charge in [0, 0.05) is 16.0 Å². The van der Waals surface area contributed by atoms with E-state index in [1.54, 1.807) is 0 Å². The van der Waals surface area contributed by atoms with Crippen LogP contribution >= 0.6 is 44.0 Å². The minimum atomic E-state index is 0.286. The number of hydrogen-bond acceptors (Lipinski definition) is 3. The summed E-state index contributed by atoms with van der Waals surface area (Å²) in [6.45, 7) is 0. The highest BCUT2D eigenvalue weighted by Crippen LogP contribution is 2.36. The largest absolute Gasteiger partial charge is 0.220 e. The summed E-state index contributed by atoms with van der Waals surface area (Å²) in [7, 11) is 2.03. The van der Waals surface area contributed by atoms with E-state index >= 15 is 0 Å². The smallest absolute Gasteiger partial charge is 0.0970 e. The first-order valence-corrected chi connectivity index (χ1v) is 5.73. The fraction of sp³-hybridized carbons (Fsp3) is 0.286. The molecule has 64 valence electrons. The van der Waals surface area contributed by atoms with Crippen molar-refractivity contribution in [1.29, 1.82) is 0 Å². The molecule has 1 aliphatic heterocycles. The van der Waals surface area contributed by atoms with Crippen molar-refractivity contribution in [3.05, 3.63) is 21.1 Å². The molecule has 5 heteroatoms. The highest BCUT2D eigenvalue weighted by Gasteiger charge is 2.32. The lowest BCUT2D eigenvalue weighted by Gasteiger charge is -2.21. The predicted molar refractivity (Wildman–Crippen MR) is 60.6 cm³/mol. The maximum absolute atomic E-state index is 4.34. The van der Waals surface area contributed by atoms with Crippen molar-refractivity contribution < 1.29 is 0 Å². The second-order valence-corrected chi connectivity index (χ2v) is 5.26. The van der Waals surface area contributed by atoms with Crippen molar-refractivity contribution in [2.45, 2.75) is 6.04 Å². The molecule has 0 aromatic heterocycles. The van der Waals surface area contributed by atoms with Gasteiger partial charge in [0.15, 0.2) is 0 Å². The van der Waals surface area contributed by atoms with E-state index in [2.05, 4.69) is 46.6 Å². The molecule has 0 aromatic carbocycles. The van der Waals surface area contributed by atoms with E-state index in [9.17, 15) is 0 Å². The third-order valence-electron chi connectivity index (χ3n) is 1.79. The molecule has 0 fully saturated rings. The lowest BCUT2D eigenvalue weighted by atomic mass is 10.1. The zero-order valence-corrected chi connectivity index (χ0v) is 10.3. The summed E-state index contributed by atoms with van der Waals surface area (Å²) in [4.78, 5) is 0. The highest BCUT2D eigenvalue weighted by molar-refractivity contribution is 9.12. The van der Waals surface area contributed by atoms with Crippen LogP contribution in [0.3, 0.4) is 0 Å². The molecule has 0 bridgehead atoms. The summed E-state index contributed by atoms with van der Waals surface area (Å²) in [6.07, 6.45) is 4.06. The summed E-state index contributed by atoms with van der Waals surface area (Å²) in [5.41, 5.74) is 1.09. The summed E-state index contributed by atoms with van der Waals surface area (Å²) >= 11 is 8.49. The van der Waals surface area contributed by atoms with Gasteiger partial charge >= 0.3 is 0 Å². The molecule has 12 heavy (non-hydrogen) atoms.